The van der Waals surface area contributed by atoms with Crippen LogP contribution >= 0.6 is 0 Å². The van der Waals surface area contributed by atoms with Crippen molar-refractivity contribution in [1.29, 1.82) is 0 Å². The highest BCUT2D eigenvalue weighted by Gasteiger charge is 2.38. The van der Waals surface area contributed by atoms with Crippen LogP contribution in [0.15, 0.2) is 0 Å². The van der Waals surface area contributed by atoms with Gasteiger partial charge in [-0.25, -0.2) is 25.9 Å². The molecule has 0 rings (SSSR count). The molecule has 0 aromatic heterocycles. The van der Waals surface area contributed by atoms with Gasteiger partial charge in [-0.05, 0) is 0 Å². The lowest BCUT2D eigenvalue weighted by Gasteiger charge is -2.29. The Morgan fingerprint density at radius 1 is 0.615 bits per heavy atom. The van der Waals surface area contributed by atoms with Gasteiger partial charge < -0.3 is 9.11 Å². The summed E-state index contributed by atoms with van der Waals surface area (Å²) in [5.74, 6) is 0. The minimum Gasteiger partial charge on any atom is -0.748 e. The Labute approximate surface area is 154 Å². The van der Waals surface area contributed by atoms with E-state index in [1.807, 2.05) is 0 Å². The highest BCUT2D eigenvalue weighted by Crippen LogP contribution is 2.10. The van der Waals surface area contributed by atoms with Gasteiger partial charge in [-0.2, -0.15) is 7.78 Å². The fraction of sp³-hybridized carbons (Fsp3) is 1.00. The fourth-order valence-electron chi connectivity index (χ4n) is 0.712. The zero-order chi connectivity index (χ0) is 22.4. The first-order chi connectivity index (χ1) is 10.7. The molecular weight excluding hydrogens is 444 g/mol. The third-order valence-electron chi connectivity index (χ3n) is 2.43. The third kappa shape index (κ3) is 19.9. The molecule has 0 aliphatic carbocycles. The van der Waals surface area contributed by atoms with E-state index in [0.717, 1.165) is 0 Å². The molecule has 0 spiro atoms. The maximum atomic E-state index is 10.9. The number of hydrogen-bond donors (Lipinski definition) is 2. The van der Waals surface area contributed by atoms with Gasteiger partial charge in [-0.1, -0.05) is 0 Å². The summed E-state index contributed by atoms with van der Waals surface area (Å²) < 4.78 is 114. The van der Waals surface area contributed by atoms with Crippen molar-refractivity contribution in [2.75, 3.05) is 53.8 Å². The van der Waals surface area contributed by atoms with Gasteiger partial charge in [0.2, 0.25) is 0 Å². The van der Waals surface area contributed by atoms with Gasteiger partial charge in [-0.15, -0.1) is 16.8 Å². The monoisotopic (exact) mass is 468 g/mol. The van der Waals surface area contributed by atoms with Crippen LogP contribution in [0.5, 0.6) is 0 Å². The fourth-order valence-corrected chi connectivity index (χ4v) is 1.34. The van der Waals surface area contributed by atoms with E-state index in [1.165, 1.54) is 28.2 Å². The molecule has 18 heteroatoms. The first-order valence-corrected chi connectivity index (χ1v) is 12.6. The predicted molar refractivity (Wildman–Crippen MR) is 88.3 cm³/mol. The molecule has 0 fully saturated rings. The van der Waals surface area contributed by atoms with Gasteiger partial charge in [0.15, 0.2) is 0 Å². The second-order valence-corrected chi connectivity index (χ2v) is 12.5. The number of nitrogens with zero attached hydrogens (tertiary/aromatic N) is 2. The van der Waals surface area contributed by atoms with E-state index < -0.39 is 48.6 Å². The number of rotatable bonds is 5. The molecule has 0 saturated heterocycles. The van der Waals surface area contributed by atoms with Crippen molar-refractivity contribution in [3.63, 3.8) is 0 Å². The average molecular weight is 469 g/mol. The van der Waals surface area contributed by atoms with Crippen molar-refractivity contribution in [2.24, 2.45) is 0 Å². The summed E-state index contributed by atoms with van der Waals surface area (Å²) in [5.41, 5.74) is 0. The maximum Gasteiger partial charge on any atom is 0.432 e. The van der Waals surface area contributed by atoms with Crippen LogP contribution in [0.2, 0.25) is 0 Å². The first-order valence-electron chi connectivity index (χ1n) is 6.13. The van der Waals surface area contributed by atoms with Crippen molar-refractivity contribution in [1.82, 2.24) is 0 Å². The van der Waals surface area contributed by atoms with Crippen LogP contribution in [-0.2, 0) is 40.8 Å². The van der Waals surface area contributed by atoms with Crippen LogP contribution in [0.4, 0.5) is 0 Å². The number of quaternary nitrogens is 2. The summed E-state index contributed by atoms with van der Waals surface area (Å²) >= 11 is 0. The predicted octanol–water partition coefficient (Wildman–Crippen LogP) is -2.93. The molecule has 26 heavy (non-hydrogen) atoms. The van der Waals surface area contributed by atoms with Gasteiger partial charge >= 0.3 is 20.6 Å². The van der Waals surface area contributed by atoms with Gasteiger partial charge in [0.25, 0.3) is 0 Å². The standard InChI is InChI=1S/C6H16N2O6S2.2CH4O3S/c1-7(2,15(9,10)11)5-6-8(3,4)16(12,13)14;2*1-5(2,3)4/h5-6H2,1-4H3;2*1H3,(H,2,3,4). The van der Waals surface area contributed by atoms with Crippen molar-refractivity contribution in [2.45, 2.75) is 0 Å². The minimum absolute atomic E-state index is 0.161. The second-order valence-electron chi connectivity index (χ2n) is 5.90. The summed E-state index contributed by atoms with van der Waals surface area (Å²) in [4.78, 5) is 0. The quantitative estimate of drug-likeness (QED) is 0.305. The largest absolute Gasteiger partial charge is 0.748 e. The summed E-state index contributed by atoms with van der Waals surface area (Å²) in [6.07, 6.45) is 1.21. The molecule has 0 amide bonds. The van der Waals surface area contributed by atoms with Crippen LogP contribution in [0.25, 0.3) is 0 Å². The highest BCUT2D eigenvalue weighted by atomic mass is 32.2. The summed E-state index contributed by atoms with van der Waals surface area (Å²) in [5, 5.41) is 0. The molecule has 0 aliphatic rings. The Hall–Kier alpha value is -0.440. The lowest BCUT2D eigenvalue weighted by atomic mass is 10.5. The summed E-state index contributed by atoms with van der Waals surface area (Å²) in [6.45, 7) is -0.322. The average Bonchev–Trinajstić information content (AvgIpc) is 2.18. The van der Waals surface area contributed by atoms with Gasteiger partial charge in [0.05, 0.1) is 48.4 Å². The lowest BCUT2D eigenvalue weighted by molar-refractivity contribution is -0.828. The normalized spacial score (nSPS) is 13.8. The smallest absolute Gasteiger partial charge is 0.432 e. The zero-order valence-corrected chi connectivity index (χ0v) is 18.2. The molecule has 2 N–H and O–H groups in total. The topological polar surface area (TPSA) is 223 Å². The van der Waals surface area contributed by atoms with Crippen molar-refractivity contribution >= 4 is 40.8 Å². The van der Waals surface area contributed by atoms with E-state index in [4.69, 9.17) is 35.0 Å². The van der Waals surface area contributed by atoms with Crippen molar-refractivity contribution < 1.29 is 59.7 Å². The van der Waals surface area contributed by atoms with E-state index in [0.29, 0.717) is 12.5 Å². The molecule has 0 aromatic rings. The Kier molecular flexibility index (Phi) is 11.3. The summed E-state index contributed by atoms with van der Waals surface area (Å²) in [7, 11) is -11.6. The Bertz CT molecular complexity index is 762. The van der Waals surface area contributed by atoms with E-state index >= 15 is 0 Å². The molecule has 0 saturated carbocycles. The second kappa shape index (κ2) is 9.66. The van der Waals surface area contributed by atoms with E-state index in [1.54, 1.807) is 0 Å². The van der Waals surface area contributed by atoms with E-state index in [9.17, 15) is 16.8 Å². The SMILES string of the molecule is CS(=O)(=O)[O-].CS(=O)(=O)[O-].C[N+](C)(CC[N+](C)(C)S(=O)(=O)O)S(=O)(=O)O. The Balaban J connectivity index is -0.000000433. The van der Waals surface area contributed by atoms with Crippen LogP contribution in [0.1, 0.15) is 0 Å². The lowest BCUT2D eigenvalue weighted by Crippen LogP contribution is -2.54. The summed E-state index contributed by atoms with van der Waals surface area (Å²) in [6, 6.07) is 0. The molecule has 0 aliphatic heterocycles. The zero-order valence-electron chi connectivity index (χ0n) is 14.9. The molecule has 0 atom stereocenters. The third-order valence-corrected chi connectivity index (χ3v) is 5.29. The van der Waals surface area contributed by atoms with Gasteiger partial charge in [-0.3, -0.25) is 0 Å². The van der Waals surface area contributed by atoms with Crippen LogP contribution in [-0.4, -0.2) is 113 Å². The molecule has 0 aromatic carbocycles. The van der Waals surface area contributed by atoms with E-state index in [2.05, 4.69) is 0 Å². The number of hydrogen-bond acceptors (Lipinski definition) is 10. The van der Waals surface area contributed by atoms with Crippen molar-refractivity contribution in [3.05, 3.63) is 0 Å². The Morgan fingerprint density at radius 2 is 0.731 bits per heavy atom. The molecule has 0 bridgehead atoms. The number of likely N-dealkylation sites (N-methyl/N-ethyl adjacent to an activating group) is 2. The van der Waals surface area contributed by atoms with Crippen LogP contribution in [0, 0.1) is 0 Å². The van der Waals surface area contributed by atoms with Crippen molar-refractivity contribution in [3.8, 4) is 0 Å². The molecule has 0 unspecified atom stereocenters. The molecule has 0 heterocycles. The van der Waals surface area contributed by atoms with Crippen LogP contribution in [0.3, 0.4) is 0 Å². The minimum atomic E-state index is -4.32. The van der Waals surface area contributed by atoms with Gasteiger partial charge in [0, 0.05) is 12.5 Å². The van der Waals surface area contributed by atoms with Crippen LogP contribution < -0.4 is 0 Å². The van der Waals surface area contributed by atoms with E-state index in [-0.39, 0.29) is 13.1 Å². The molecule has 0 radical (unpaired) electrons. The maximum absolute atomic E-state index is 10.9. The van der Waals surface area contributed by atoms with Gasteiger partial charge in [0.1, 0.15) is 13.1 Å². The molecular formula is C8H24N2O12S4. The Morgan fingerprint density at radius 3 is 0.808 bits per heavy atom. The molecule has 14 nitrogen and oxygen atoms in total. The first kappa shape index (κ1) is 30.3. The highest BCUT2D eigenvalue weighted by molar-refractivity contribution is 7.85. The molecule has 162 valence electrons.